The van der Waals surface area contributed by atoms with E-state index in [4.69, 9.17) is 4.74 Å². The molecule has 0 saturated carbocycles. The fourth-order valence-corrected chi connectivity index (χ4v) is 2.69. The Balaban J connectivity index is 1.81. The number of ether oxygens (including phenoxy) is 1. The van der Waals surface area contributed by atoms with Crippen LogP contribution in [0, 0.1) is 0 Å². The van der Waals surface area contributed by atoms with E-state index in [1.165, 1.54) is 0 Å². The molecule has 0 aliphatic carbocycles. The lowest BCUT2D eigenvalue weighted by Crippen LogP contribution is -2.15. The summed E-state index contributed by atoms with van der Waals surface area (Å²) in [5, 5.41) is 7.58. The Bertz CT molecular complexity index is 729. The van der Waals surface area contributed by atoms with Crippen molar-refractivity contribution >= 4 is 27.3 Å². The van der Waals surface area contributed by atoms with Crippen LogP contribution in [0.4, 0.5) is 5.82 Å². The van der Waals surface area contributed by atoms with Crippen LogP contribution in [-0.2, 0) is 4.74 Å². The molecule has 2 heterocycles. The lowest BCUT2D eigenvalue weighted by atomic mass is 10.1. The number of methoxy groups -OCH3 is 1. The van der Waals surface area contributed by atoms with Crippen LogP contribution in [0.2, 0.25) is 0 Å². The Labute approximate surface area is 131 Å². The zero-order chi connectivity index (χ0) is 14.7. The van der Waals surface area contributed by atoms with Crippen molar-refractivity contribution in [2.45, 2.75) is 6.10 Å². The summed E-state index contributed by atoms with van der Waals surface area (Å²) in [5.41, 5.74) is 2.05. The Morgan fingerprint density at radius 1 is 1.33 bits per heavy atom. The van der Waals surface area contributed by atoms with Crippen LogP contribution in [0.1, 0.15) is 11.7 Å². The summed E-state index contributed by atoms with van der Waals surface area (Å²) in [6.45, 7) is 0.630. The Morgan fingerprint density at radius 2 is 2.14 bits per heavy atom. The normalized spacial score (nSPS) is 12.5. The van der Waals surface area contributed by atoms with Gasteiger partial charge in [-0.25, -0.2) is 9.50 Å². The van der Waals surface area contributed by atoms with Gasteiger partial charge >= 0.3 is 0 Å². The van der Waals surface area contributed by atoms with E-state index in [0.29, 0.717) is 6.54 Å². The molecule has 0 spiro atoms. The topological polar surface area (TPSA) is 51.5 Å². The van der Waals surface area contributed by atoms with Gasteiger partial charge in [-0.05, 0) is 21.5 Å². The van der Waals surface area contributed by atoms with Gasteiger partial charge in [-0.2, -0.15) is 5.10 Å². The summed E-state index contributed by atoms with van der Waals surface area (Å²) in [7, 11) is 1.71. The monoisotopic (exact) mass is 346 g/mol. The highest BCUT2D eigenvalue weighted by Crippen LogP contribution is 2.24. The fraction of sp³-hybridized carbons (Fsp3) is 0.200. The van der Waals surface area contributed by atoms with Crippen molar-refractivity contribution in [2.75, 3.05) is 19.0 Å². The van der Waals surface area contributed by atoms with E-state index >= 15 is 0 Å². The molecule has 0 saturated heterocycles. The molecule has 1 atom stereocenters. The summed E-state index contributed by atoms with van der Waals surface area (Å²) in [5.74, 6) is 0.778. The molecule has 5 nitrogen and oxygen atoms in total. The van der Waals surface area contributed by atoms with Crippen molar-refractivity contribution in [3.8, 4) is 0 Å². The van der Waals surface area contributed by atoms with Gasteiger partial charge in [0.05, 0.1) is 16.8 Å². The van der Waals surface area contributed by atoms with E-state index in [9.17, 15) is 0 Å². The standard InChI is InChI=1S/C15H15BrN4O/c1-21-13(11-5-3-2-4-6-11)10-18-15-14-12(16)9-19-20(14)8-7-17-15/h2-9,13H,10H2,1H3,(H,17,18). The van der Waals surface area contributed by atoms with Crippen LogP contribution < -0.4 is 5.32 Å². The smallest absolute Gasteiger partial charge is 0.153 e. The van der Waals surface area contributed by atoms with Gasteiger partial charge in [0.1, 0.15) is 5.52 Å². The van der Waals surface area contributed by atoms with Crippen LogP contribution in [0.15, 0.2) is 53.4 Å². The largest absolute Gasteiger partial charge is 0.375 e. The highest BCUT2D eigenvalue weighted by atomic mass is 79.9. The first-order valence-electron chi connectivity index (χ1n) is 6.59. The maximum atomic E-state index is 5.56. The molecule has 3 aromatic rings. The van der Waals surface area contributed by atoms with E-state index in [2.05, 4.69) is 43.5 Å². The minimum Gasteiger partial charge on any atom is -0.375 e. The first-order chi connectivity index (χ1) is 10.3. The third-order valence-corrected chi connectivity index (χ3v) is 3.88. The SMILES string of the molecule is COC(CNc1nccn2ncc(Br)c12)c1ccccc1. The maximum Gasteiger partial charge on any atom is 0.153 e. The van der Waals surface area contributed by atoms with Gasteiger partial charge in [0.25, 0.3) is 0 Å². The molecular weight excluding hydrogens is 332 g/mol. The number of nitrogens with one attached hydrogen (secondary N) is 1. The van der Waals surface area contributed by atoms with Crippen molar-refractivity contribution in [3.63, 3.8) is 0 Å². The van der Waals surface area contributed by atoms with E-state index in [1.807, 2.05) is 24.4 Å². The minimum absolute atomic E-state index is 0.0325. The summed E-state index contributed by atoms with van der Waals surface area (Å²) < 4.78 is 8.25. The molecule has 2 aromatic heterocycles. The molecule has 1 unspecified atom stereocenters. The molecule has 0 bridgehead atoms. The Morgan fingerprint density at radius 3 is 2.90 bits per heavy atom. The number of halogens is 1. The Hall–Kier alpha value is -1.92. The number of hydrogen-bond donors (Lipinski definition) is 1. The lowest BCUT2D eigenvalue weighted by Gasteiger charge is -2.17. The average Bonchev–Trinajstić information content (AvgIpc) is 2.91. The molecule has 6 heteroatoms. The number of hydrogen-bond acceptors (Lipinski definition) is 4. The second-order valence-corrected chi connectivity index (χ2v) is 5.43. The van der Waals surface area contributed by atoms with Crippen molar-refractivity contribution < 1.29 is 4.74 Å². The van der Waals surface area contributed by atoms with Crippen LogP contribution in [-0.4, -0.2) is 28.3 Å². The van der Waals surface area contributed by atoms with Crippen LogP contribution in [0.25, 0.3) is 5.52 Å². The molecule has 1 N–H and O–H groups in total. The summed E-state index contributed by atoms with van der Waals surface area (Å²) >= 11 is 3.49. The molecule has 0 fully saturated rings. The molecule has 0 aliphatic rings. The Kier molecular flexibility index (Phi) is 4.17. The first kappa shape index (κ1) is 14.0. The van der Waals surface area contributed by atoms with Gasteiger partial charge in [-0.3, -0.25) is 0 Å². The second-order valence-electron chi connectivity index (χ2n) is 4.58. The molecule has 3 rings (SSSR count). The number of nitrogens with zero attached hydrogens (tertiary/aromatic N) is 3. The highest BCUT2D eigenvalue weighted by Gasteiger charge is 2.13. The summed E-state index contributed by atoms with van der Waals surface area (Å²) in [6, 6.07) is 10.1. The van der Waals surface area contributed by atoms with Gasteiger partial charge in [-0.1, -0.05) is 30.3 Å². The molecule has 108 valence electrons. The number of benzene rings is 1. The molecule has 0 aliphatic heterocycles. The van der Waals surface area contributed by atoms with E-state index in [1.54, 1.807) is 24.0 Å². The molecule has 1 aromatic carbocycles. The van der Waals surface area contributed by atoms with Crippen LogP contribution >= 0.6 is 15.9 Å². The molecule has 21 heavy (non-hydrogen) atoms. The van der Waals surface area contributed by atoms with Gasteiger partial charge in [-0.15, -0.1) is 0 Å². The zero-order valence-electron chi connectivity index (χ0n) is 11.5. The van der Waals surface area contributed by atoms with Crippen molar-refractivity contribution in [1.29, 1.82) is 0 Å². The maximum absolute atomic E-state index is 5.56. The minimum atomic E-state index is -0.0325. The number of fused-ring (bicyclic) bond motifs is 1. The fourth-order valence-electron chi connectivity index (χ4n) is 2.23. The lowest BCUT2D eigenvalue weighted by molar-refractivity contribution is 0.114. The predicted octanol–water partition coefficient (Wildman–Crippen LogP) is 3.29. The molecular formula is C15H15BrN4O. The van der Waals surface area contributed by atoms with Crippen LogP contribution in [0.3, 0.4) is 0 Å². The average molecular weight is 347 g/mol. The number of rotatable bonds is 5. The van der Waals surface area contributed by atoms with Gasteiger partial charge < -0.3 is 10.1 Å². The summed E-state index contributed by atoms with van der Waals surface area (Å²) in [6.07, 6.45) is 5.26. The number of aromatic nitrogens is 3. The van der Waals surface area contributed by atoms with Gasteiger partial charge in [0.2, 0.25) is 0 Å². The van der Waals surface area contributed by atoms with Crippen molar-refractivity contribution in [2.24, 2.45) is 0 Å². The second kappa shape index (κ2) is 6.24. The van der Waals surface area contributed by atoms with E-state index in [0.717, 1.165) is 21.4 Å². The van der Waals surface area contributed by atoms with E-state index in [-0.39, 0.29) is 6.10 Å². The molecule has 0 radical (unpaired) electrons. The first-order valence-corrected chi connectivity index (χ1v) is 7.38. The highest BCUT2D eigenvalue weighted by molar-refractivity contribution is 9.10. The van der Waals surface area contributed by atoms with Crippen LogP contribution in [0.5, 0.6) is 0 Å². The van der Waals surface area contributed by atoms with Gasteiger partial charge in [0, 0.05) is 26.0 Å². The predicted molar refractivity (Wildman–Crippen MR) is 85.4 cm³/mol. The van der Waals surface area contributed by atoms with E-state index < -0.39 is 0 Å². The van der Waals surface area contributed by atoms with Crippen molar-refractivity contribution in [3.05, 3.63) is 59.0 Å². The molecule has 0 amide bonds. The third kappa shape index (κ3) is 2.91. The third-order valence-electron chi connectivity index (χ3n) is 3.30. The summed E-state index contributed by atoms with van der Waals surface area (Å²) in [4.78, 5) is 4.38. The zero-order valence-corrected chi connectivity index (χ0v) is 13.1. The number of anilines is 1. The van der Waals surface area contributed by atoms with Gasteiger partial charge in [0.15, 0.2) is 5.82 Å². The quantitative estimate of drug-likeness (QED) is 0.770. The van der Waals surface area contributed by atoms with Crippen molar-refractivity contribution in [1.82, 2.24) is 14.6 Å².